The molecule has 3 rings (SSSR count). The van der Waals surface area contributed by atoms with Crippen LogP contribution in [0.1, 0.15) is 22.7 Å². The van der Waals surface area contributed by atoms with Crippen LogP contribution in [-0.2, 0) is 6.42 Å². The van der Waals surface area contributed by atoms with Crippen LogP contribution >= 0.6 is 0 Å². The van der Waals surface area contributed by atoms with Gasteiger partial charge in [0.1, 0.15) is 0 Å². The lowest BCUT2D eigenvalue weighted by Crippen LogP contribution is -2.18. The molecule has 68 valence electrons. The highest BCUT2D eigenvalue weighted by atomic mass is 14.7. The smallest absolute Gasteiger partial charge is 0.0481 e. The maximum atomic E-state index is 4.40. The molecule has 0 spiro atoms. The fraction of sp³-hybridized carbons (Fsp3) is 0.154. The molecule has 2 aromatic rings. The van der Waals surface area contributed by atoms with Crippen molar-refractivity contribution in [3.05, 3.63) is 65.5 Å². The van der Waals surface area contributed by atoms with Crippen LogP contribution in [0.5, 0.6) is 0 Å². The molecule has 1 unspecified atom stereocenters. The Balaban J connectivity index is 2.00. The van der Waals surface area contributed by atoms with E-state index in [0.717, 1.165) is 6.42 Å². The molecular weight excluding hydrogens is 170 g/mol. The van der Waals surface area contributed by atoms with Gasteiger partial charge in [-0.15, -0.1) is 0 Å². The molecule has 0 fully saturated rings. The maximum absolute atomic E-state index is 4.40. The number of aromatic nitrogens is 1. The highest BCUT2D eigenvalue weighted by molar-refractivity contribution is 5.45. The second-order valence-corrected chi connectivity index (χ2v) is 3.71. The van der Waals surface area contributed by atoms with Crippen molar-refractivity contribution in [1.29, 1.82) is 0 Å². The van der Waals surface area contributed by atoms with E-state index in [1.54, 1.807) is 0 Å². The molecule has 0 amide bonds. The van der Waals surface area contributed by atoms with Gasteiger partial charge in [-0.25, -0.2) is 0 Å². The fourth-order valence-corrected chi connectivity index (χ4v) is 2.10. The summed E-state index contributed by atoms with van der Waals surface area (Å²) >= 11 is 0. The SMILES string of the molecule is c1ccc(C2Cc3ccccc32)nc1. The van der Waals surface area contributed by atoms with Crippen LogP contribution in [-0.4, -0.2) is 4.98 Å². The third-order valence-corrected chi connectivity index (χ3v) is 2.90. The molecule has 1 atom stereocenters. The second kappa shape index (κ2) is 2.95. The van der Waals surface area contributed by atoms with E-state index < -0.39 is 0 Å². The molecule has 0 saturated heterocycles. The Morgan fingerprint density at radius 3 is 2.64 bits per heavy atom. The van der Waals surface area contributed by atoms with Crippen LogP contribution in [0.2, 0.25) is 0 Å². The minimum atomic E-state index is 0.535. The summed E-state index contributed by atoms with van der Waals surface area (Å²) in [4.78, 5) is 4.40. The summed E-state index contributed by atoms with van der Waals surface area (Å²) in [6, 6.07) is 14.8. The number of benzene rings is 1. The zero-order chi connectivity index (χ0) is 9.38. The van der Waals surface area contributed by atoms with E-state index in [0.29, 0.717) is 5.92 Å². The van der Waals surface area contributed by atoms with E-state index in [1.807, 2.05) is 12.3 Å². The molecule has 1 heteroatoms. The van der Waals surface area contributed by atoms with E-state index in [-0.39, 0.29) is 0 Å². The Hall–Kier alpha value is -1.63. The average Bonchev–Trinajstić information content (AvgIpc) is 2.22. The van der Waals surface area contributed by atoms with Gasteiger partial charge >= 0.3 is 0 Å². The number of pyridine rings is 1. The van der Waals surface area contributed by atoms with Gasteiger partial charge in [-0.3, -0.25) is 4.98 Å². The Bertz CT molecular complexity index is 448. The Kier molecular flexibility index (Phi) is 1.63. The van der Waals surface area contributed by atoms with Gasteiger partial charge in [-0.05, 0) is 29.7 Å². The van der Waals surface area contributed by atoms with Crippen LogP contribution in [0.4, 0.5) is 0 Å². The minimum absolute atomic E-state index is 0.535. The summed E-state index contributed by atoms with van der Waals surface area (Å²) < 4.78 is 0. The van der Waals surface area contributed by atoms with Crippen molar-refractivity contribution < 1.29 is 0 Å². The van der Waals surface area contributed by atoms with Crippen molar-refractivity contribution in [2.75, 3.05) is 0 Å². The summed E-state index contributed by atoms with van der Waals surface area (Å²) in [6.07, 6.45) is 3.02. The predicted molar refractivity (Wildman–Crippen MR) is 56.2 cm³/mol. The lowest BCUT2D eigenvalue weighted by atomic mass is 9.76. The highest BCUT2D eigenvalue weighted by Gasteiger charge is 2.27. The van der Waals surface area contributed by atoms with Gasteiger partial charge in [0.25, 0.3) is 0 Å². The molecule has 1 aromatic carbocycles. The third kappa shape index (κ3) is 1.06. The molecule has 1 aromatic heterocycles. The molecule has 1 nitrogen and oxygen atoms in total. The zero-order valence-corrected chi connectivity index (χ0v) is 7.85. The minimum Gasteiger partial charge on any atom is -0.261 e. The Morgan fingerprint density at radius 1 is 1.00 bits per heavy atom. The topological polar surface area (TPSA) is 12.9 Å². The average molecular weight is 181 g/mol. The van der Waals surface area contributed by atoms with Gasteiger partial charge < -0.3 is 0 Å². The predicted octanol–water partition coefficient (Wildman–Crippen LogP) is 2.77. The van der Waals surface area contributed by atoms with Gasteiger partial charge in [0.05, 0.1) is 0 Å². The fourth-order valence-electron chi connectivity index (χ4n) is 2.10. The summed E-state index contributed by atoms with van der Waals surface area (Å²) in [7, 11) is 0. The molecule has 0 bridgehead atoms. The summed E-state index contributed by atoms with van der Waals surface area (Å²) in [5, 5.41) is 0. The lowest BCUT2D eigenvalue weighted by molar-refractivity contribution is 0.686. The first kappa shape index (κ1) is 7.74. The summed E-state index contributed by atoms with van der Waals surface area (Å²) in [6.45, 7) is 0. The first-order valence-electron chi connectivity index (χ1n) is 4.94. The van der Waals surface area contributed by atoms with Gasteiger partial charge in [0.15, 0.2) is 0 Å². The molecule has 1 aliphatic carbocycles. The van der Waals surface area contributed by atoms with Crippen LogP contribution < -0.4 is 0 Å². The Labute approximate surface area is 83.4 Å². The maximum Gasteiger partial charge on any atom is 0.0481 e. The van der Waals surface area contributed by atoms with E-state index in [9.17, 15) is 0 Å². The molecule has 0 saturated carbocycles. The molecular formula is C13H11N. The molecule has 1 aliphatic rings. The van der Waals surface area contributed by atoms with Crippen LogP contribution in [0.25, 0.3) is 0 Å². The van der Waals surface area contributed by atoms with Crippen molar-refractivity contribution in [2.24, 2.45) is 0 Å². The van der Waals surface area contributed by atoms with E-state index >= 15 is 0 Å². The highest BCUT2D eigenvalue weighted by Crippen LogP contribution is 2.38. The van der Waals surface area contributed by atoms with Crippen molar-refractivity contribution in [3.8, 4) is 0 Å². The van der Waals surface area contributed by atoms with Gasteiger partial charge in [-0.2, -0.15) is 0 Å². The van der Waals surface area contributed by atoms with E-state index in [4.69, 9.17) is 0 Å². The normalized spacial score (nSPS) is 18.4. The van der Waals surface area contributed by atoms with Crippen molar-refractivity contribution in [3.63, 3.8) is 0 Å². The van der Waals surface area contributed by atoms with Crippen molar-refractivity contribution in [1.82, 2.24) is 4.98 Å². The summed E-state index contributed by atoms with van der Waals surface area (Å²) in [5.41, 5.74) is 4.13. The van der Waals surface area contributed by atoms with Crippen LogP contribution in [0.15, 0.2) is 48.7 Å². The van der Waals surface area contributed by atoms with E-state index in [2.05, 4.69) is 41.4 Å². The molecule has 0 N–H and O–H groups in total. The standard InChI is InChI=1S/C13H11N/c1-2-6-11-10(5-1)9-12(11)13-7-3-4-8-14-13/h1-8,12H,9H2. The molecule has 1 heterocycles. The van der Waals surface area contributed by atoms with Gasteiger partial charge in [0, 0.05) is 17.8 Å². The number of hydrogen-bond acceptors (Lipinski definition) is 1. The summed E-state index contributed by atoms with van der Waals surface area (Å²) in [5.74, 6) is 0.535. The molecule has 0 aliphatic heterocycles. The molecule has 0 radical (unpaired) electrons. The molecule has 14 heavy (non-hydrogen) atoms. The quantitative estimate of drug-likeness (QED) is 0.659. The first-order valence-corrected chi connectivity index (χ1v) is 4.94. The first-order chi connectivity index (χ1) is 6.95. The lowest BCUT2D eigenvalue weighted by Gasteiger charge is -2.29. The van der Waals surface area contributed by atoms with Crippen molar-refractivity contribution in [2.45, 2.75) is 12.3 Å². The van der Waals surface area contributed by atoms with Gasteiger partial charge in [-0.1, -0.05) is 30.3 Å². The number of fused-ring (bicyclic) bond motifs is 1. The van der Waals surface area contributed by atoms with Crippen LogP contribution in [0, 0.1) is 0 Å². The number of nitrogens with zero attached hydrogens (tertiary/aromatic N) is 1. The second-order valence-electron chi connectivity index (χ2n) is 3.71. The largest absolute Gasteiger partial charge is 0.261 e. The monoisotopic (exact) mass is 181 g/mol. The van der Waals surface area contributed by atoms with Gasteiger partial charge in [0.2, 0.25) is 0 Å². The van der Waals surface area contributed by atoms with Crippen molar-refractivity contribution >= 4 is 0 Å². The third-order valence-electron chi connectivity index (χ3n) is 2.90. The number of hydrogen-bond donors (Lipinski definition) is 0. The van der Waals surface area contributed by atoms with E-state index in [1.165, 1.54) is 16.8 Å². The number of rotatable bonds is 1. The Morgan fingerprint density at radius 2 is 1.86 bits per heavy atom. The zero-order valence-electron chi connectivity index (χ0n) is 7.85. The van der Waals surface area contributed by atoms with Crippen LogP contribution in [0.3, 0.4) is 0 Å².